The molecule has 3 rings (SSSR count). The third kappa shape index (κ3) is 3.67. The van der Waals surface area contributed by atoms with Gasteiger partial charge in [-0.05, 0) is 77.1 Å². The van der Waals surface area contributed by atoms with Gasteiger partial charge in [-0.15, -0.1) is 0 Å². The lowest BCUT2D eigenvalue weighted by molar-refractivity contribution is 0.281. The minimum absolute atomic E-state index is 0.0994. The van der Waals surface area contributed by atoms with E-state index >= 15 is 0 Å². The highest BCUT2D eigenvalue weighted by atomic mass is 79.9. The molecule has 21 heavy (non-hydrogen) atoms. The van der Waals surface area contributed by atoms with Gasteiger partial charge < -0.3 is 5.11 Å². The summed E-state index contributed by atoms with van der Waals surface area (Å²) in [5.41, 5.74) is 0.690. The van der Waals surface area contributed by atoms with E-state index in [0.717, 1.165) is 11.8 Å². The standard InChI is InChI=1S/C15H20BrNO3S/c16-14-7-10(9-18)1-6-15(14)21(19,20)17-8-13(11-2-3-11)12-4-5-12/h1,6-7,11-13,17-18H,2-5,8-9H2. The average molecular weight is 374 g/mol. The zero-order valence-electron chi connectivity index (χ0n) is 11.8. The van der Waals surface area contributed by atoms with Gasteiger partial charge in [0.05, 0.1) is 11.5 Å². The predicted octanol–water partition coefficient (Wildman–Crippen LogP) is 2.66. The minimum atomic E-state index is -3.50. The van der Waals surface area contributed by atoms with Crippen LogP contribution in [0.2, 0.25) is 0 Å². The van der Waals surface area contributed by atoms with E-state index in [4.69, 9.17) is 5.11 Å². The largest absolute Gasteiger partial charge is 0.392 e. The van der Waals surface area contributed by atoms with Gasteiger partial charge in [0.1, 0.15) is 0 Å². The molecule has 4 nitrogen and oxygen atoms in total. The van der Waals surface area contributed by atoms with Crippen LogP contribution >= 0.6 is 15.9 Å². The fourth-order valence-corrected chi connectivity index (χ4v) is 5.11. The summed E-state index contributed by atoms with van der Waals surface area (Å²) in [6.45, 7) is 0.448. The minimum Gasteiger partial charge on any atom is -0.392 e. The molecule has 1 aromatic carbocycles. The molecule has 0 aromatic heterocycles. The molecule has 0 spiro atoms. The Morgan fingerprint density at radius 3 is 2.33 bits per heavy atom. The molecule has 0 unspecified atom stereocenters. The molecule has 6 heteroatoms. The first-order chi connectivity index (χ1) is 10.0. The van der Waals surface area contributed by atoms with Crippen LogP contribution in [0.4, 0.5) is 0 Å². The third-order valence-corrected chi connectivity index (χ3v) is 6.83. The molecule has 0 atom stereocenters. The van der Waals surface area contributed by atoms with Crippen molar-refractivity contribution in [1.29, 1.82) is 0 Å². The Morgan fingerprint density at radius 1 is 1.24 bits per heavy atom. The highest BCUT2D eigenvalue weighted by molar-refractivity contribution is 9.10. The second kappa shape index (κ2) is 5.99. The van der Waals surface area contributed by atoms with Gasteiger partial charge >= 0.3 is 0 Å². The number of nitrogens with one attached hydrogen (secondary N) is 1. The van der Waals surface area contributed by atoms with Crippen LogP contribution in [0.15, 0.2) is 27.6 Å². The Kier molecular flexibility index (Phi) is 4.41. The Bertz CT molecular complexity index is 612. The number of aliphatic hydroxyl groups is 1. The summed E-state index contributed by atoms with van der Waals surface area (Å²) < 4.78 is 28.2. The predicted molar refractivity (Wildman–Crippen MR) is 84.2 cm³/mol. The van der Waals surface area contributed by atoms with E-state index < -0.39 is 10.0 Å². The zero-order chi connectivity index (χ0) is 15.0. The molecule has 0 radical (unpaired) electrons. The van der Waals surface area contributed by atoms with Crippen molar-refractivity contribution in [2.24, 2.45) is 17.8 Å². The van der Waals surface area contributed by atoms with Crippen molar-refractivity contribution in [2.45, 2.75) is 37.2 Å². The summed E-state index contributed by atoms with van der Waals surface area (Å²) in [5, 5.41) is 9.08. The Morgan fingerprint density at radius 2 is 1.86 bits per heavy atom. The first kappa shape index (κ1) is 15.5. The van der Waals surface area contributed by atoms with Crippen LogP contribution < -0.4 is 4.72 Å². The molecule has 2 saturated carbocycles. The maximum absolute atomic E-state index is 12.4. The fourth-order valence-electron chi connectivity index (χ4n) is 2.91. The second-order valence-electron chi connectivity index (χ2n) is 6.11. The van der Waals surface area contributed by atoms with Crippen molar-refractivity contribution >= 4 is 26.0 Å². The molecule has 2 N–H and O–H groups in total. The monoisotopic (exact) mass is 373 g/mol. The fraction of sp³-hybridized carbons (Fsp3) is 0.600. The van der Waals surface area contributed by atoms with Crippen molar-refractivity contribution in [3.8, 4) is 0 Å². The van der Waals surface area contributed by atoms with Crippen LogP contribution in [0, 0.1) is 17.8 Å². The zero-order valence-corrected chi connectivity index (χ0v) is 14.2. The lowest BCUT2D eigenvalue weighted by atomic mass is 9.99. The van der Waals surface area contributed by atoms with Crippen LogP contribution in [0.1, 0.15) is 31.2 Å². The highest BCUT2D eigenvalue weighted by Gasteiger charge is 2.41. The number of halogens is 1. The van der Waals surface area contributed by atoms with Crippen molar-refractivity contribution in [3.63, 3.8) is 0 Å². The van der Waals surface area contributed by atoms with Crippen LogP contribution in [-0.4, -0.2) is 20.1 Å². The van der Waals surface area contributed by atoms with E-state index in [1.165, 1.54) is 25.7 Å². The van der Waals surface area contributed by atoms with Gasteiger partial charge in [-0.25, -0.2) is 13.1 Å². The second-order valence-corrected chi connectivity index (χ2v) is 8.70. The molecule has 0 bridgehead atoms. The smallest absolute Gasteiger partial charge is 0.241 e. The Labute approximate surface area is 134 Å². The highest BCUT2D eigenvalue weighted by Crippen LogP contribution is 2.48. The molecule has 0 amide bonds. The summed E-state index contributed by atoms with van der Waals surface area (Å²) in [6.07, 6.45) is 4.99. The molecule has 2 aliphatic carbocycles. The molecule has 0 heterocycles. The average Bonchev–Trinajstić information content (AvgIpc) is 3.31. The van der Waals surface area contributed by atoms with Crippen LogP contribution in [0.3, 0.4) is 0 Å². The Hall–Kier alpha value is -0.430. The van der Waals surface area contributed by atoms with Gasteiger partial charge in [0, 0.05) is 11.0 Å². The van der Waals surface area contributed by atoms with E-state index in [1.807, 2.05) is 0 Å². The molecule has 2 fully saturated rings. The molecule has 0 saturated heterocycles. The van der Waals surface area contributed by atoms with E-state index in [-0.39, 0.29) is 11.5 Å². The van der Waals surface area contributed by atoms with Gasteiger partial charge in [0.15, 0.2) is 0 Å². The number of hydrogen-bond donors (Lipinski definition) is 2. The number of rotatable bonds is 7. The van der Waals surface area contributed by atoms with Crippen molar-refractivity contribution in [2.75, 3.05) is 6.54 Å². The summed E-state index contributed by atoms with van der Waals surface area (Å²) in [5.74, 6) is 1.95. The van der Waals surface area contributed by atoms with E-state index in [9.17, 15) is 8.42 Å². The van der Waals surface area contributed by atoms with E-state index in [1.54, 1.807) is 18.2 Å². The van der Waals surface area contributed by atoms with Gasteiger partial charge in [0.25, 0.3) is 0 Å². The molecule has 116 valence electrons. The van der Waals surface area contributed by atoms with Crippen LogP contribution in [-0.2, 0) is 16.6 Å². The number of aliphatic hydroxyl groups excluding tert-OH is 1. The number of benzene rings is 1. The maximum atomic E-state index is 12.4. The molecular weight excluding hydrogens is 354 g/mol. The lowest BCUT2D eigenvalue weighted by Gasteiger charge is -2.17. The SMILES string of the molecule is O=S(=O)(NCC(C1CC1)C1CC1)c1ccc(CO)cc1Br. The topological polar surface area (TPSA) is 66.4 Å². The van der Waals surface area contributed by atoms with Gasteiger partial charge in [-0.3, -0.25) is 0 Å². The Balaban J connectivity index is 1.71. The molecule has 2 aliphatic rings. The van der Waals surface area contributed by atoms with Crippen molar-refractivity contribution in [1.82, 2.24) is 4.72 Å². The summed E-state index contributed by atoms with van der Waals surface area (Å²) in [6, 6.07) is 4.83. The first-order valence-electron chi connectivity index (χ1n) is 7.40. The maximum Gasteiger partial charge on any atom is 0.241 e. The van der Waals surface area contributed by atoms with Gasteiger partial charge in [-0.1, -0.05) is 6.07 Å². The molecule has 0 aliphatic heterocycles. The van der Waals surface area contributed by atoms with E-state index in [2.05, 4.69) is 20.7 Å². The van der Waals surface area contributed by atoms with Crippen LogP contribution in [0.5, 0.6) is 0 Å². The van der Waals surface area contributed by atoms with Crippen molar-refractivity contribution in [3.05, 3.63) is 28.2 Å². The molecular formula is C15H20BrNO3S. The first-order valence-corrected chi connectivity index (χ1v) is 9.68. The summed E-state index contributed by atoms with van der Waals surface area (Å²) in [7, 11) is -3.50. The number of hydrogen-bond acceptors (Lipinski definition) is 3. The summed E-state index contributed by atoms with van der Waals surface area (Å²) in [4.78, 5) is 0.241. The van der Waals surface area contributed by atoms with Gasteiger partial charge in [0.2, 0.25) is 10.0 Å². The lowest BCUT2D eigenvalue weighted by Crippen LogP contribution is -2.31. The van der Waals surface area contributed by atoms with Crippen molar-refractivity contribution < 1.29 is 13.5 Å². The molecule has 1 aromatic rings. The quantitative estimate of drug-likeness (QED) is 0.771. The van der Waals surface area contributed by atoms with Gasteiger partial charge in [-0.2, -0.15) is 0 Å². The normalized spacial score (nSPS) is 19.2. The summed E-state index contributed by atoms with van der Waals surface area (Å²) >= 11 is 3.28. The third-order valence-electron chi connectivity index (χ3n) is 4.43. The van der Waals surface area contributed by atoms with Crippen LogP contribution in [0.25, 0.3) is 0 Å². The number of sulfonamides is 1. The van der Waals surface area contributed by atoms with E-state index in [0.29, 0.717) is 22.5 Å².